The van der Waals surface area contributed by atoms with Gasteiger partial charge in [0.15, 0.2) is 0 Å². The van der Waals surface area contributed by atoms with Crippen LogP contribution >= 0.6 is 0 Å². The van der Waals surface area contributed by atoms with Gasteiger partial charge >= 0.3 is 0 Å². The number of hydrogen-bond acceptors (Lipinski definition) is 4. The first kappa shape index (κ1) is 19.2. The Kier molecular flexibility index (Phi) is 5.96. The zero-order chi connectivity index (χ0) is 19.3. The Hall–Kier alpha value is -2.60. The highest BCUT2D eigenvalue weighted by molar-refractivity contribution is 6.04. The first-order valence-corrected chi connectivity index (χ1v) is 9.33. The normalized spacial score (nSPS) is 15.6. The maximum Gasteiger partial charge on any atom is 0.237 e. The predicted octanol–water partition coefficient (Wildman–Crippen LogP) is 2.27. The first-order valence-electron chi connectivity index (χ1n) is 9.33. The molecule has 1 aromatic carbocycles. The molecule has 1 aliphatic rings. The molecule has 0 spiro atoms. The Morgan fingerprint density at radius 1 is 1.04 bits per heavy atom. The second kappa shape index (κ2) is 8.39. The minimum atomic E-state index is -1.10. The maximum absolute atomic E-state index is 12.9. The average molecular weight is 369 g/mol. The van der Waals surface area contributed by atoms with Crippen molar-refractivity contribution in [3.8, 4) is 0 Å². The molecule has 0 bridgehead atoms. The molecule has 6 nitrogen and oxygen atoms in total. The van der Waals surface area contributed by atoms with Gasteiger partial charge in [0.25, 0.3) is 0 Å². The largest absolute Gasteiger partial charge is 0.467 e. The number of nitrogens with zero attached hydrogens (tertiary/aromatic N) is 2. The van der Waals surface area contributed by atoms with Gasteiger partial charge in [0.05, 0.1) is 12.8 Å². The lowest BCUT2D eigenvalue weighted by Gasteiger charge is -2.38. The molecule has 144 valence electrons. The lowest BCUT2D eigenvalue weighted by molar-refractivity contribution is -0.150. The minimum absolute atomic E-state index is 0.126. The quantitative estimate of drug-likeness (QED) is 0.794. The van der Waals surface area contributed by atoms with Crippen LogP contribution in [0.15, 0.2) is 53.1 Å². The fraction of sp³-hybridized carbons (Fsp3) is 0.429. The highest BCUT2D eigenvalue weighted by Crippen LogP contribution is 2.21. The number of carbonyl (C=O) groups excluding carboxylic acids is 2. The zero-order valence-corrected chi connectivity index (χ0v) is 16.0. The van der Waals surface area contributed by atoms with Crippen molar-refractivity contribution >= 4 is 11.8 Å². The van der Waals surface area contributed by atoms with Crippen molar-refractivity contribution in [1.82, 2.24) is 15.1 Å². The summed E-state index contributed by atoms with van der Waals surface area (Å²) in [4.78, 5) is 29.6. The van der Waals surface area contributed by atoms with E-state index >= 15 is 0 Å². The summed E-state index contributed by atoms with van der Waals surface area (Å²) in [7, 11) is 0. The molecule has 0 unspecified atom stereocenters. The summed E-state index contributed by atoms with van der Waals surface area (Å²) in [6.45, 7) is 7.44. The second-order valence-corrected chi connectivity index (χ2v) is 7.44. The number of nitrogens with one attached hydrogen (secondary N) is 1. The number of piperazine rings is 1. The van der Waals surface area contributed by atoms with Crippen molar-refractivity contribution in [3.05, 3.63) is 60.1 Å². The van der Waals surface area contributed by atoms with Gasteiger partial charge < -0.3 is 14.6 Å². The van der Waals surface area contributed by atoms with Gasteiger partial charge in [-0.25, -0.2) is 0 Å². The fourth-order valence-corrected chi connectivity index (χ4v) is 3.24. The lowest BCUT2D eigenvalue weighted by Crippen LogP contribution is -2.55. The summed E-state index contributed by atoms with van der Waals surface area (Å²) in [5, 5.41) is 2.80. The summed E-state index contributed by atoms with van der Waals surface area (Å²) in [5.41, 5.74) is 0.170. The monoisotopic (exact) mass is 369 g/mol. The molecule has 1 saturated heterocycles. The third-order valence-corrected chi connectivity index (χ3v) is 5.01. The molecule has 0 radical (unpaired) electrons. The van der Waals surface area contributed by atoms with Gasteiger partial charge in [-0.3, -0.25) is 14.5 Å². The summed E-state index contributed by atoms with van der Waals surface area (Å²) in [6, 6.07) is 13.9. The highest BCUT2D eigenvalue weighted by Gasteiger charge is 2.39. The molecule has 1 aromatic heterocycles. The van der Waals surface area contributed by atoms with Crippen LogP contribution in [0.2, 0.25) is 0 Å². The number of hydrogen-bond donors (Lipinski definition) is 1. The molecular formula is C21H27N3O3. The number of benzene rings is 1. The summed E-state index contributed by atoms with van der Waals surface area (Å²) >= 11 is 0. The van der Waals surface area contributed by atoms with Crippen molar-refractivity contribution in [1.29, 1.82) is 0 Å². The van der Waals surface area contributed by atoms with Gasteiger partial charge in [-0.05, 0) is 31.5 Å². The van der Waals surface area contributed by atoms with E-state index in [0.717, 1.165) is 19.6 Å². The minimum Gasteiger partial charge on any atom is -0.467 e. The molecule has 27 heavy (non-hydrogen) atoms. The molecule has 0 aliphatic carbocycles. The Labute approximate surface area is 160 Å². The van der Waals surface area contributed by atoms with E-state index in [1.54, 1.807) is 37.1 Å². The Bertz CT molecular complexity index is 748. The molecule has 2 heterocycles. The van der Waals surface area contributed by atoms with E-state index in [9.17, 15) is 9.59 Å². The topological polar surface area (TPSA) is 65.8 Å². The van der Waals surface area contributed by atoms with Crippen molar-refractivity contribution in [3.63, 3.8) is 0 Å². The van der Waals surface area contributed by atoms with E-state index in [0.29, 0.717) is 18.8 Å². The molecule has 1 fully saturated rings. The zero-order valence-electron chi connectivity index (χ0n) is 16.0. The fourth-order valence-electron chi connectivity index (χ4n) is 3.24. The van der Waals surface area contributed by atoms with E-state index in [1.165, 1.54) is 5.56 Å². The highest BCUT2D eigenvalue weighted by atomic mass is 16.3. The molecule has 1 aliphatic heterocycles. The van der Waals surface area contributed by atoms with Crippen LogP contribution in [-0.4, -0.2) is 47.8 Å². The maximum atomic E-state index is 12.9. The molecule has 0 saturated carbocycles. The van der Waals surface area contributed by atoms with E-state index in [-0.39, 0.29) is 18.4 Å². The van der Waals surface area contributed by atoms with Crippen LogP contribution in [0.25, 0.3) is 0 Å². The van der Waals surface area contributed by atoms with Gasteiger partial charge in [-0.1, -0.05) is 30.3 Å². The van der Waals surface area contributed by atoms with E-state index in [2.05, 4.69) is 22.3 Å². The van der Waals surface area contributed by atoms with Gasteiger partial charge in [0.1, 0.15) is 11.2 Å². The number of rotatable bonds is 6. The molecule has 3 rings (SSSR count). The Morgan fingerprint density at radius 3 is 2.37 bits per heavy atom. The van der Waals surface area contributed by atoms with Crippen molar-refractivity contribution in [2.24, 2.45) is 5.41 Å². The van der Waals surface area contributed by atoms with Gasteiger partial charge in [0.2, 0.25) is 11.8 Å². The van der Waals surface area contributed by atoms with Crippen LogP contribution in [0.3, 0.4) is 0 Å². The van der Waals surface area contributed by atoms with E-state index in [4.69, 9.17) is 4.42 Å². The molecular weight excluding hydrogens is 342 g/mol. The number of carbonyl (C=O) groups is 2. The van der Waals surface area contributed by atoms with Crippen LogP contribution in [0.1, 0.15) is 25.2 Å². The average Bonchev–Trinajstić information content (AvgIpc) is 3.20. The van der Waals surface area contributed by atoms with E-state index in [1.807, 2.05) is 18.2 Å². The lowest BCUT2D eigenvalue weighted by atomic mass is 9.90. The van der Waals surface area contributed by atoms with Crippen LogP contribution in [-0.2, 0) is 22.7 Å². The van der Waals surface area contributed by atoms with Crippen LogP contribution in [0.5, 0.6) is 0 Å². The van der Waals surface area contributed by atoms with Crippen LogP contribution in [0, 0.1) is 5.41 Å². The second-order valence-electron chi connectivity index (χ2n) is 7.44. The smallest absolute Gasteiger partial charge is 0.237 e. The number of amides is 2. The third kappa shape index (κ3) is 4.77. The summed E-state index contributed by atoms with van der Waals surface area (Å²) < 4.78 is 5.22. The van der Waals surface area contributed by atoms with Crippen molar-refractivity contribution in [2.75, 3.05) is 26.2 Å². The van der Waals surface area contributed by atoms with Gasteiger partial charge in [-0.15, -0.1) is 0 Å². The summed E-state index contributed by atoms with van der Waals surface area (Å²) in [6.07, 6.45) is 1.56. The van der Waals surface area contributed by atoms with E-state index < -0.39 is 5.41 Å². The molecule has 0 atom stereocenters. The van der Waals surface area contributed by atoms with Crippen molar-refractivity contribution in [2.45, 2.75) is 26.9 Å². The predicted molar refractivity (Wildman–Crippen MR) is 103 cm³/mol. The number of furan rings is 1. The first-order chi connectivity index (χ1) is 13.0. The van der Waals surface area contributed by atoms with Crippen molar-refractivity contribution < 1.29 is 14.0 Å². The molecule has 2 amide bonds. The van der Waals surface area contributed by atoms with Crippen LogP contribution in [0.4, 0.5) is 0 Å². The molecule has 6 heteroatoms. The van der Waals surface area contributed by atoms with Gasteiger partial charge in [0, 0.05) is 32.7 Å². The SMILES string of the molecule is CC(C)(C(=O)NCc1ccco1)C(=O)N1CCN(Cc2ccccc2)CC1. The van der Waals surface area contributed by atoms with Crippen LogP contribution < -0.4 is 5.32 Å². The summed E-state index contributed by atoms with van der Waals surface area (Å²) in [5.74, 6) is 0.260. The standard InChI is InChI=1S/C21H27N3O3/c1-21(2,19(25)22-15-18-9-6-14-27-18)20(26)24-12-10-23(11-13-24)16-17-7-4-3-5-8-17/h3-9,14H,10-13,15-16H2,1-2H3,(H,22,25). The Morgan fingerprint density at radius 2 is 1.74 bits per heavy atom. The van der Waals surface area contributed by atoms with Gasteiger partial charge in [-0.2, -0.15) is 0 Å². The molecule has 1 N–H and O–H groups in total. The Balaban J connectivity index is 1.50. The third-order valence-electron chi connectivity index (χ3n) is 5.01. The molecule has 2 aromatic rings.